The van der Waals surface area contributed by atoms with E-state index in [-0.39, 0.29) is 6.03 Å². The first-order chi connectivity index (χ1) is 17.8. The van der Waals surface area contributed by atoms with Gasteiger partial charge in [0.05, 0.1) is 7.11 Å². The molecule has 1 aromatic carbocycles. The molecule has 4 aliphatic rings. The number of unbranched alkanes of at least 4 members (excludes halogenated alkanes) is 2. The standard InChI is InChI=1S/C30H46N4O3/c1-5-6-7-8-28(35)34(22-23-9-10-24-21-27(23)30(24,2)3)20-17-32-15-18-33(19-16-32)29(36)31-25-11-13-26(37-4)14-12-25/h9,11-14,24,27H,5-8,10,15-22H2,1-4H3,(H,31,36). The van der Waals surface area contributed by atoms with E-state index >= 15 is 0 Å². The first-order valence-corrected chi connectivity index (χ1v) is 14.2. The number of benzene rings is 1. The second-order valence-corrected chi connectivity index (χ2v) is 11.6. The van der Waals surface area contributed by atoms with Crippen molar-refractivity contribution in [1.82, 2.24) is 14.7 Å². The maximum atomic E-state index is 13.2. The van der Waals surface area contributed by atoms with Crippen LogP contribution in [0.1, 0.15) is 59.3 Å². The van der Waals surface area contributed by atoms with Gasteiger partial charge in [0.25, 0.3) is 0 Å². The highest BCUT2D eigenvalue weighted by molar-refractivity contribution is 5.89. The van der Waals surface area contributed by atoms with E-state index in [4.69, 9.17) is 4.74 Å². The molecule has 5 rings (SSSR count). The Labute approximate surface area is 223 Å². The molecule has 0 radical (unpaired) electrons. The number of allylic oxidation sites excluding steroid dienone is 1. The SMILES string of the molecule is CCCCCC(=O)N(CCN1CCN(C(=O)Nc2ccc(OC)cc2)CC1)CC1=CCC2CC1C2(C)C. The fourth-order valence-electron chi connectivity index (χ4n) is 6.17. The molecule has 1 aliphatic heterocycles. The van der Waals surface area contributed by atoms with Crippen molar-refractivity contribution in [1.29, 1.82) is 0 Å². The molecule has 204 valence electrons. The Kier molecular flexibility index (Phi) is 9.17. The molecule has 2 fully saturated rings. The normalized spacial score (nSPS) is 22.6. The van der Waals surface area contributed by atoms with Crippen molar-refractivity contribution in [2.45, 2.75) is 59.3 Å². The lowest BCUT2D eigenvalue weighted by molar-refractivity contribution is -0.131. The number of fused-ring (bicyclic) bond motifs is 1. The number of ether oxygens (including phenoxy) is 1. The van der Waals surface area contributed by atoms with Crippen LogP contribution in [0.4, 0.5) is 10.5 Å². The molecule has 37 heavy (non-hydrogen) atoms. The summed E-state index contributed by atoms with van der Waals surface area (Å²) in [5, 5.41) is 2.98. The van der Waals surface area contributed by atoms with Gasteiger partial charge in [-0.2, -0.15) is 0 Å². The van der Waals surface area contributed by atoms with Gasteiger partial charge in [0.1, 0.15) is 5.75 Å². The molecule has 1 heterocycles. The van der Waals surface area contributed by atoms with Gasteiger partial charge in [0, 0.05) is 57.9 Å². The van der Waals surface area contributed by atoms with Crippen molar-refractivity contribution in [3.63, 3.8) is 0 Å². The smallest absolute Gasteiger partial charge is 0.321 e. The molecule has 2 bridgehead atoms. The van der Waals surface area contributed by atoms with Gasteiger partial charge < -0.3 is 19.9 Å². The van der Waals surface area contributed by atoms with Crippen molar-refractivity contribution in [3.05, 3.63) is 35.9 Å². The topological polar surface area (TPSA) is 65.1 Å². The summed E-state index contributed by atoms with van der Waals surface area (Å²) in [7, 11) is 1.63. The number of nitrogens with one attached hydrogen (secondary N) is 1. The van der Waals surface area contributed by atoms with Crippen LogP contribution in [0.2, 0.25) is 0 Å². The second kappa shape index (κ2) is 12.3. The van der Waals surface area contributed by atoms with E-state index in [0.717, 1.165) is 75.8 Å². The summed E-state index contributed by atoms with van der Waals surface area (Å²) < 4.78 is 5.18. The molecule has 7 heteroatoms. The van der Waals surface area contributed by atoms with Crippen molar-refractivity contribution in [2.75, 3.05) is 58.2 Å². The van der Waals surface area contributed by atoms with Crippen molar-refractivity contribution < 1.29 is 14.3 Å². The zero-order chi connectivity index (χ0) is 26.4. The Bertz CT molecular complexity index is 950. The minimum Gasteiger partial charge on any atom is -0.497 e. The first-order valence-electron chi connectivity index (χ1n) is 14.2. The number of anilines is 1. The number of hydrogen-bond donors (Lipinski definition) is 1. The highest BCUT2D eigenvalue weighted by Crippen LogP contribution is 2.59. The molecule has 3 amide bonds. The number of methoxy groups -OCH3 is 1. The van der Waals surface area contributed by atoms with E-state index in [2.05, 4.69) is 42.0 Å². The minimum atomic E-state index is -0.0665. The van der Waals surface area contributed by atoms with Gasteiger partial charge in [-0.25, -0.2) is 4.79 Å². The molecule has 1 saturated heterocycles. The molecule has 1 N–H and O–H groups in total. The summed E-state index contributed by atoms with van der Waals surface area (Å²) in [5.74, 6) is 2.51. The maximum Gasteiger partial charge on any atom is 0.321 e. The third-order valence-electron chi connectivity index (χ3n) is 8.99. The third-order valence-corrected chi connectivity index (χ3v) is 8.99. The number of rotatable bonds is 11. The molecular weight excluding hydrogens is 464 g/mol. The van der Waals surface area contributed by atoms with Gasteiger partial charge in [-0.05, 0) is 60.8 Å². The van der Waals surface area contributed by atoms with Crippen LogP contribution in [-0.2, 0) is 4.79 Å². The largest absolute Gasteiger partial charge is 0.497 e. The molecular formula is C30H46N4O3. The van der Waals surface area contributed by atoms with Gasteiger partial charge in [-0.15, -0.1) is 0 Å². The zero-order valence-corrected chi connectivity index (χ0v) is 23.3. The number of carbonyl (C=O) groups excluding carboxylic acids is 2. The highest BCUT2D eigenvalue weighted by atomic mass is 16.5. The van der Waals surface area contributed by atoms with Crippen LogP contribution in [0, 0.1) is 17.3 Å². The van der Waals surface area contributed by atoms with Crippen LogP contribution in [0.15, 0.2) is 35.9 Å². The number of nitrogens with zero attached hydrogens (tertiary/aromatic N) is 3. The van der Waals surface area contributed by atoms with Gasteiger partial charge >= 0.3 is 6.03 Å². The Morgan fingerprint density at radius 3 is 2.46 bits per heavy atom. The Morgan fingerprint density at radius 1 is 1.11 bits per heavy atom. The number of hydrogen-bond acceptors (Lipinski definition) is 4. The van der Waals surface area contributed by atoms with Crippen molar-refractivity contribution in [2.24, 2.45) is 17.3 Å². The van der Waals surface area contributed by atoms with E-state index in [1.54, 1.807) is 7.11 Å². The third kappa shape index (κ3) is 6.67. The van der Waals surface area contributed by atoms with Gasteiger partial charge in [0.15, 0.2) is 0 Å². The zero-order valence-electron chi connectivity index (χ0n) is 23.3. The number of urea groups is 1. The summed E-state index contributed by atoms with van der Waals surface area (Å²) >= 11 is 0. The van der Waals surface area contributed by atoms with Crippen LogP contribution in [-0.4, -0.2) is 79.6 Å². The summed E-state index contributed by atoms with van der Waals surface area (Å²) in [4.78, 5) is 32.3. The molecule has 3 aliphatic carbocycles. The van der Waals surface area contributed by atoms with Crippen molar-refractivity contribution in [3.8, 4) is 5.75 Å². The van der Waals surface area contributed by atoms with Crippen molar-refractivity contribution >= 4 is 17.6 Å². The van der Waals surface area contributed by atoms with E-state index in [1.165, 1.54) is 12.0 Å². The minimum absolute atomic E-state index is 0.0665. The van der Waals surface area contributed by atoms with Gasteiger partial charge in [-0.3, -0.25) is 9.69 Å². The van der Waals surface area contributed by atoms with Crippen LogP contribution < -0.4 is 10.1 Å². The Hall–Kier alpha value is -2.54. The number of amides is 3. The summed E-state index contributed by atoms with van der Waals surface area (Å²) in [6.07, 6.45) is 8.75. The lowest BCUT2D eigenvalue weighted by Crippen LogP contribution is -2.52. The Balaban J connectivity index is 1.26. The average Bonchev–Trinajstić information content (AvgIpc) is 2.91. The predicted octanol–water partition coefficient (Wildman–Crippen LogP) is 5.25. The molecule has 1 saturated carbocycles. The van der Waals surface area contributed by atoms with Crippen LogP contribution in [0.3, 0.4) is 0 Å². The molecule has 1 aromatic rings. The van der Waals surface area contributed by atoms with E-state index < -0.39 is 0 Å². The number of carbonyl (C=O) groups is 2. The monoisotopic (exact) mass is 510 g/mol. The van der Waals surface area contributed by atoms with E-state index in [9.17, 15) is 9.59 Å². The second-order valence-electron chi connectivity index (χ2n) is 11.6. The summed E-state index contributed by atoms with van der Waals surface area (Å²) in [6.45, 7) is 12.4. The summed E-state index contributed by atoms with van der Waals surface area (Å²) in [6, 6.07) is 7.33. The quantitative estimate of drug-likeness (QED) is 0.326. The summed E-state index contributed by atoms with van der Waals surface area (Å²) in [5.41, 5.74) is 2.63. The number of piperazine rings is 1. The van der Waals surface area contributed by atoms with Gasteiger partial charge in [-0.1, -0.05) is 45.3 Å². The van der Waals surface area contributed by atoms with Crippen LogP contribution >= 0.6 is 0 Å². The molecule has 2 unspecified atom stereocenters. The fraction of sp³-hybridized carbons (Fsp3) is 0.667. The van der Waals surface area contributed by atoms with E-state index in [1.807, 2.05) is 29.2 Å². The van der Waals surface area contributed by atoms with Crippen LogP contribution in [0.25, 0.3) is 0 Å². The fourth-order valence-corrected chi connectivity index (χ4v) is 6.17. The molecule has 2 atom stereocenters. The maximum absolute atomic E-state index is 13.2. The molecule has 7 nitrogen and oxygen atoms in total. The lowest BCUT2D eigenvalue weighted by atomic mass is 9.49. The first kappa shape index (κ1) is 27.5. The molecule has 0 aromatic heterocycles. The Morgan fingerprint density at radius 2 is 1.84 bits per heavy atom. The van der Waals surface area contributed by atoms with Crippen LogP contribution in [0.5, 0.6) is 5.75 Å². The molecule has 0 spiro atoms. The highest BCUT2D eigenvalue weighted by Gasteiger charge is 2.51. The average molecular weight is 511 g/mol. The predicted molar refractivity (Wildman–Crippen MR) is 149 cm³/mol. The van der Waals surface area contributed by atoms with Gasteiger partial charge in [0.2, 0.25) is 5.91 Å². The lowest BCUT2D eigenvalue weighted by Gasteiger charge is -2.57. The van der Waals surface area contributed by atoms with E-state index in [0.29, 0.717) is 36.8 Å².